The maximum atomic E-state index is 5.91. The standard InChI is InChI=1S/C25H19NO3/c1-27-21-14-18-13-19(16-9-5-3-6-10-16)23-24(17-11-7-4-8-12-17)26-29-25(23)20(18)15-22(21)28-2/h3-15H,1-2H3. The minimum Gasteiger partial charge on any atom is -0.493 e. The summed E-state index contributed by atoms with van der Waals surface area (Å²) >= 11 is 0. The highest BCUT2D eigenvalue weighted by atomic mass is 16.5. The Morgan fingerprint density at radius 2 is 1.34 bits per heavy atom. The number of hydrogen-bond acceptors (Lipinski definition) is 4. The zero-order valence-electron chi connectivity index (χ0n) is 16.2. The molecule has 4 nitrogen and oxygen atoms in total. The number of ether oxygens (including phenoxy) is 2. The second-order valence-electron chi connectivity index (χ2n) is 6.82. The molecule has 1 heterocycles. The van der Waals surface area contributed by atoms with Crippen molar-refractivity contribution in [2.45, 2.75) is 0 Å². The predicted molar refractivity (Wildman–Crippen MR) is 115 cm³/mol. The SMILES string of the molecule is COc1cc2cc(-c3ccccc3)c3c(-c4ccccc4)noc3c2cc1OC. The smallest absolute Gasteiger partial charge is 0.176 e. The zero-order chi connectivity index (χ0) is 19.8. The third-order valence-electron chi connectivity index (χ3n) is 5.19. The largest absolute Gasteiger partial charge is 0.493 e. The third-order valence-corrected chi connectivity index (χ3v) is 5.19. The van der Waals surface area contributed by atoms with Gasteiger partial charge in [0.15, 0.2) is 17.1 Å². The molecule has 0 N–H and O–H groups in total. The lowest BCUT2D eigenvalue weighted by molar-refractivity contribution is 0.356. The number of aromatic nitrogens is 1. The fourth-order valence-corrected chi connectivity index (χ4v) is 3.80. The van der Waals surface area contributed by atoms with Crippen LogP contribution in [0.4, 0.5) is 0 Å². The Kier molecular flexibility index (Phi) is 4.17. The Morgan fingerprint density at radius 1 is 0.724 bits per heavy atom. The van der Waals surface area contributed by atoms with Gasteiger partial charge in [0.2, 0.25) is 0 Å². The van der Waals surface area contributed by atoms with Crippen molar-refractivity contribution in [1.82, 2.24) is 5.16 Å². The van der Waals surface area contributed by atoms with E-state index in [1.54, 1.807) is 14.2 Å². The van der Waals surface area contributed by atoms with E-state index in [0.717, 1.165) is 44.1 Å². The maximum Gasteiger partial charge on any atom is 0.176 e. The van der Waals surface area contributed by atoms with Crippen molar-refractivity contribution >= 4 is 21.7 Å². The summed E-state index contributed by atoms with van der Waals surface area (Å²) in [5.74, 6) is 1.34. The van der Waals surface area contributed by atoms with Crippen LogP contribution in [0.5, 0.6) is 11.5 Å². The number of nitrogens with zero attached hydrogens (tertiary/aromatic N) is 1. The first-order valence-electron chi connectivity index (χ1n) is 9.39. The molecule has 0 saturated heterocycles. The van der Waals surface area contributed by atoms with Gasteiger partial charge in [0, 0.05) is 10.9 Å². The van der Waals surface area contributed by atoms with Crippen molar-refractivity contribution in [3.05, 3.63) is 78.9 Å². The molecule has 1 aromatic heterocycles. The molecule has 4 heteroatoms. The first kappa shape index (κ1) is 17.3. The summed E-state index contributed by atoms with van der Waals surface area (Å²) in [4.78, 5) is 0. The molecule has 29 heavy (non-hydrogen) atoms. The highest BCUT2D eigenvalue weighted by Crippen LogP contribution is 2.43. The van der Waals surface area contributed by atoms with E-state index >= 15 is 0 Å². The third kappa shape index (κ3) is 2.81. The minimum absolute atomic E-state index is 0.659. The van der Waals surface area contributed by atoms with Crippen LogP contribution >= 0.6 is 0 Å². The van der Waals surface area contributed by atoms with E-state index in [-0.39, 0.29) is 0 Å². The summed E-state index contributed by atoms with van der Waals surface area (Å²) in [5.41, 5.74) is 4.76. The van der Waals surface area contributed by atoms with Gasteiger partial charge in [-0.1, -0.05) is 65.8 Å². The van der Waals surface area contributed by atoms with Crippen LogP contribution < -0.4 is 9.47 Å². The molecule has 0 aliphatic rings. The van der Waals surface area contributed by atoms with Crippen molar-refractivity contribution in [2.24, 2.45) is 0 Å². The summed E-state index contributed by atoms with van der Waals surface area (Å²) < 4.78 is 16.9. The summed E-state index contributed by atoms with van der Waals surface area (Å²) in [5, 5.41) is 7.38. The number of benzene rings is 4. The van der Waals surface area contributed by atoms with Crippen LogP contribution in [0.15, 0.2) is 83.4 Å². The van der Waals surface area contributed by atoms with Gasteiger partial charge >= 0.3 is 0 Å². The molecule has 0 radical (unpaired) electrons. The fourth-order valence-electron chi connectivity index (χ4n) is 3.80. The normalized spacial score (nSPS) is 11.1. The molecule has 5 aromatic rings. The van der Waals surface area contributed by atoms with E-state index in [1.807, 2.05) is 60.7 Å². The van der Waals surface area contributed by atoms with Gasteiger partial charge in [-0.2, -0.15) is 0 Å². The minimum atomic E-state index is 0.659. The Balaban J connectivity index is 1.92. The molecule has 4 aromatic carbocycles. The number of hydrogen-bond donors (Lipinski definition) is 0. The van der Waals surface area contributed by atoms with Gasteiger partial charge in [-0.05, 0) is 34.7 Å². The second kappa shape index (κ2) is 6.99. The Bertz CT molecular complexity index is 1310. The first-order chi connectivity index (χ1) is 14.3. The summed E-state index contributed by atoms with van der Waals surface area (Å²) in [7, 11) is 3.28. The van der Waals surface area contributed by atoms with Crippen molar-refractivity contribution in [2.75, 3.05) is 14.2 Å². The van der Waals surface area contributed by atoms with E-state index in [4.69, 9.17) is 14.0 Å². The molecule has 5 rings (SSSR count). The monoisotopic (exact) mass is 381 g/mol. The Morgan fingerprint density at radius 3 is 2.00 bits per heavy atom. The molecule has 0 spiro atoms. The molecule has 142 valence electrons. The Labute approximate surface area is 168 Å². The van der Waals surface area contributed by atoms with E-state index in [9.17, 15) is 0 Å². The number of fused-ring (bicyclic) bond motifs is 3. The van der Waals surface area contributed by atoms with Gasteiger partial charge in [0.1, 0.15) is 5.69 Å². The molecule has 0 aliphatic heterocycles. The molecule has 0 bridgehead atoms. The Hall–Kier alpha value is -3.79. The van der Waals surface area contributed by atoms with Gasteiger partial charge in [0.05, 0.1) is 19.6 Å². The van der Waals surface area contributed by atoms with Crippen LogP contribution in [-0.4, -0.2) is 19.4 Å². The zero-order valence-corrected chi connectivity index (χ0v) is 16.2. The van der Waals surface area contributed by atoms with Crippen LogP contribution in [0.1, 0.15) is 0 Å². The maximum absolute atomic E-state index is 5.91. The second-order valence-corrected chi connectivity index (χ2v) is 6.82. The van der Waals surface area contributed by atoms with E-state index in [1.165, 1.54) is 0 Å². The number of methoxy groups -OCH3 is 2. The molecule has 0 atom stereocenters. The van der Waals surface area contributed by atoms with Gasteiger partial charge in [-0.15, -0.1) is 0 Å². The van der Waals surface area contributed by atoms with Crippen molar-refractivity contribution < 1.29 is 14.0 Å². The fraction of sp³-hybridized carbons (Fsp3) is 0.0800. The van der Waals surface area contributed by atoms with Crippen molar-refractivity contribution in [3.8, 4) is 33.9 Å². The topological polar surface area (TPSA) is 44.5 Å². The highest BCUT2D eigenvalue weighted by Gasteiger charge is 2.20. The van der Waals surface area contributed by atoms with Crippen LogP contribution in [0.3, 0.4) is 0 Å². The van der Waals surface area contributed by atoms with Crippen LogP contribution in [0.2, 0.25) is 0 Å². The van der Waals surface area contributed by atoms with Gasteiger partial charge in [-0.3, -0.25) is 0 Å². The molecular weight excluding hydrogens is 362 g/mol. The van der Waals surface area contributed by atoms with Crippen LogP contribution in [0.25, 0.3) is 44.1 Å². The van der Waals surface area contributed by atoms with Gasteiger partial charge in [-0.25, -0.2) is 0 Å². The molecule has 0 amide bonds. The molecule has 0 saturated carbocycles. The lowest BCUT2D eigenvalue weighted by Gasteiger charge is -2.12. The highest BCUT2D eigenvalue weighted by molar-refractivity contribution is 6.16. The van der Waals surface area contributed by atoms with Crippen LogP contribution in [-0.2, 0) is 0 Å². The van der Waals surface area contributed by atoms with Crippen LogP contribution in [0, 0.1) is 0 Å². The lowest BCUT2D eigenvalue weighted by Crippen LogP contribution is -1.91. The van der Waals surface area contributed by atoms with E-state index < -0.39 is 0 Å². The molecule has 0 fully saturated rings. The molecular formula is C25H19NO3. The average Bonchev–Trinajstić information content (AvgIpc) is 3.24. The summed E-state index contributed by atoms with van der Waals surface area (Å²) in [6, 6.07) is 26.5. The van der Waals surface area contributed by atoms with E-state index in [0.29, 0.717) is 11.5 Å². The first-order valence-corrected chi connectivity index (χ1v) is 9.39. The quantitative estimate of drug-likeness (QED) is 0.365. The van der Waals surface area contributed by atoms with Crippen molar-refractivity contribution in [1.29, 1.82) is 0 Å². The molecule has 0 unspecified atom stereocenters. The average molecular weight is 381 g/mol. The van der Waals surface area contributed by atoms with Gasteiger partial charge < -0.3 is 14.0 Å². The van der Waals surface area contributed by atoms with E-state index in [2.05, 4.69) is 23.4 Å². The van der Waals surface area contributed by atoms with Crippen molar-refractivity contribution in [3.63, 3.8) is 0 Å². The predicted octanol–water partition coefficient (Wildman–Crippen LogP) is 6.33. The number of rotatable bonds is 4. The van der Waals surface area contributed by atoms with Gasteiger partial charge in [0.25, 0.3) is 0 Å². The molecule has 0 aliphatic carbocycles. The lowest BCUT2D eigenvalue weighted by atomic mass is 9.94. The summed E-state index contributed by atoms with van der Waals surface area (Å²) in [6.07, 6.45) is 0. The summed E-state index contributed by atoms with van der Waals surface area (Å²) in [6.45, 7) is 0.